The molecule has 2 aromatic carbocycles. The van der Waals surface area contributed by atoms with Crippen molar-refractivity contribution in [3.8, 4) is 5.75 Å². The van der Waals surface area contributed by atoms with Gasteiger partial charge in [-0.25, -0.2) is 8.78 Å². The Balaban J connectivity index is 1.75. The Kier molecular flexibility index (Phi) is 5.11. The van der Waals surface area contributed by atoms with Crippen LogP contribution in [-0.2, 0) is 0 Å². The number of nitrogens with one attached hydrogen (secondary N) is 2. The molecular weight excluding hydrogens is 342 g/mol. The Morgan fingerprint density at radius 3 is 2.77 bits per heavy atom. The van der Waals surface area contributed by atoms with Crippen molar-refractivity contribution in [2.45, 2.75) is 20.3 Å². The lowest BCUT2D eigenvalue weighted by molar-refractivity contribution is 0.102. The first-order valence-corrected chi connectivity index (χ1v) is 8.17. The van der Waals surface area contributed by atoms with Crippen LogP contribution in [-0.4, -0.2) is 27.9 Å². The Bertz CT molecular complexity index is 940. The highest BCUT2D eigenvalue weighted by molar-refractivity contribution is 6.11. The number of ether oxygens (including phenoxy) is 1. The molecule has 0 spiro atoms. The maximum absolute atomic E-state index is 14.2. The van der Waals surface area contributed by atoms with Gasteiger partial charge in [0.2, 0.25) is 0 Å². The van der Waals surface area contributed by atoms with Crippen LogP contribution in [0.15, 0.2) is 30.3 Å². The fourth-order valence-corrected chi connectivity index (χ4v) is 2.38. The Morgan fingerprint density at radius 2 is 2.04 bits per heavy atom. The van der Waals surface area contributed by atoms with E-state index in [2.05, 4.69) is 34.6 Å². The molecule has 0 aliphatic heterocycles. The minimum Gasteiger partial charge on any atom is -0.493 e. The largest absolute Gasteiger partial charge is 0.493 e. The predicted molar refractivity (Wildman–Crippen MR) is 93.1 cm³/mol. The number of nitrogens with zero attached hydrogens (tertiary/aromatic N) is 2. The number of halogens is 2. The summed E-state index contributed by atoms with van der Waals surface area (Å²) in [6.07, 6.45) is 0.855. The van der Waals surface area contributed by atoms with Crippen LogP contribution >= 0.6 is 0 Å². The van der Waals surface area contributed by atoms with Crippen LogP contribution in [0, 0.1) is 17.6 Å². The monoisotopic (exact) mass is 360 g/mol. The first kappa shape index (κ1) is 17.8. The summed E-state index contributed by atoms with van der Waals surface area (Å²) in [5.41, 5.74) is 0.347. The van der Waals surface area contributed by atoms with Crippen LogP contribution in [0.5, 0.6) is 5.75 Å². The minimum absolute atomic E-state index is 0.0351. The van der Waals surface area contributed by atoms with Gasteiger partial charge in [0.25, 0.3) is 5.91 Å². The lowest BCUT2D eigenvalue weighted by atomic mass is 10.1. The second kappa shape index (κ2) is 7.47. The number of amides is 1. The van der Waals surface area contributed by atoms with E-state index < -0.39 is 17.5 Å². The molecule has 26 heavy (non-hydrogen) atoms. The van der Waals surface area contributed by atoms with Crippen LogP contribution < -0.4 is 10.1 Å². The van der Waals surface area contributed by atoms with Crippen molar-refractivity contribution in [2.24, 2.45) is 5.92 Å². The summed E-state index contributed by atoms with van der Waals surface area (Å²) in [7, 11) is 0. The molecule has 1 aromatic heterocycles. The number of anilines is 1. The number of aromatic amines is 1. The van der Waals surface area contributed by atoms with Crippen LogP contribution in [0.1, 0.15) is 30.6 Å². The summed E-state index contributed by atoms with van der Waals surface area (Å²) in [6, 6.07) is 6.35. The number of carbonyl (C=O) groups is 1. The van der Waals surface area contributed by atoms with Gasteiger partial charge >= 0.3 is 0 Å². The summed E-state index contributed by atoms with van der Waals surface area (Å²) >= 11 is 0. The molecule has 0 radical (unpaired) electrons. The van der Waals surface area contributed by atoms with E-state index in [0.717, 1.165) is 18.6 Å². The first-order chi connectivity index (χ1) is 12.4. The van der Waals surface area contributed by atoms with E-state index in [1.807, 2.05) is 0 Å². The number of carbonyl (C=O) groups excluding carboxylic acids is 1. The van der Waals surface area contributed by atoms with Gasteiger partial charge in [0.05, 0.1) is 17.9 Å². The number of fused-ring (bicyclic) bond motifs is 1. The van der Waals surface area contributed by atoms with E-state index in [4.69, 9.17) is 4.74 Å². The third kappa shape index (κ3) is 3.96. The van der Waals surface area contributed by atoms with Crippen LogP contribution in [0.3, 0.4) is 0 Å². The molecule has 0 atom stereocenters. The van der Waals surface area contributed by atoms with E-state index in [0.29, 0.717) is 18.3 Å². The second-order valence-corrected chi connectivity index (χ2v) is 6.27. The van der Waals surface area contributed by atoms with Crippen molar-refractivity contribution in [1.29, 1.82) is 0 Å². The molecule has 8 heteroatoms. The molecular formula is C18H18F2N4O2. The van der Waals surface area contributed by atoms with Crippen LogP contribution in [0.2, 0.25) is 0 Å². The minimum atomic E-state index is -0.684. The first-order valence-electron chi connectivity index (χ1n) is 8.17. The number of aromatic nitrogens is 3. The van der Waals surface area contributed by atoms with Gasteiger partial charge in [0.15, 0.2) is 0 Å². The SMILES string of the molecule is CC(C)CCOc1ccc(NC(=O)c2cc(F)cc3n[nH]nc23)c(F)c1. The summed E-state index contributed by atoms with van der Waals surface area (Å²) in [4.78, 5) is 12.4. The third-order valence-corrected chi connectivity index (χ3v) is 3.78. The van der Waals surface area contributed by atoms with Gasteiger partial charge < -0.3 is 10.1 Å². The lowest BCUT2D eigenvalue weighted by Gasteiger charge is -2.11. The van der Waals surface area contributed by atoms with Crippen molar-refractivity contribution >= 4 is 22.6 Å². The summed E-state index contributed by atoms with van der Waals surface area (Å²) in [6.45, 7) is 4.62. The number of rotatable bonds is 6. The predicted octanol–water partition coefficient (Wildman–Crippen LogP) is 3.91. The molecule has 2 N–H and O–H groups in total. The van der Waals surface area contributed by atoms with Gasteiger partial charge in [0.1, 0.15) is 28.4 Å². The molecule has 136 valence electrons. The number of hydrogen-bond acceptors (Lipinski definition) is 4. The highest BCUT2D eigenvalue weighted by Crippen LogP contribution is 2.23. The maximum Gasteiger partial charge on any atom is 0.258 e. The smallest absolute Gasteiger partial charge is 0.258 e. The Hall–Kier alpha value is -3.03. The molecule has 6 nitrogen and oxygen atoms in total. The number of H-pyrrole nitrogens is 1. The molecule has 1 heterocycles. The van der Waals surface area contributed by atoms with Gasteiger partial charge in [0, 0.05) is 12.1 Å². The summed E-state index contributed by atoms with van der Waals surface area (Å²) < 4.78 is 33.4. The zero-order valence-electron chi connectivity index (χ0n) is 14.3. The van der Waals surface area contributed by atoms with Gasteiger partial charge in [-0.05, 0) is 30.5 Å². The molecule has 0 bridgehead atoms. The zero-order valence-corrected chi connectivity index (χ0v) is 14.3. The molecule has 0 aliphatic carbocycles. The average Bonchev–Trinajstić information content (AvgIpc) is 3.04. The van der Waals surface area contributed by atoms with Gasteiger partial charge in [-0.3, -0.25) is 4.79 Å². The van der Waals surface area contributed by atoms with Gasteiger partial charge in [-0.1, -0.05) is 13.8 Å². The second-order valence-electron chi connectivity index (χ2n) is 6.27. The van der Waals surface area contributed by atoms with Crippen molar-refractivity contribution in [1.82, 2.24) is 15.4 Å². The third-order valence-electron chi connectivity index (χ3n) is 3.78. The molecule has 0 fully saturated rings. The summed E-state index contributed by atoms with van der Waals surface area (Å²) in [5.74, 6) is -1.10. The number of hydrogen-bond donors (Lipinski definition) is 2. The molecule has 0 saturated carbocycles. The topological polar surface area (TPSA) is 79.9 Å². The average molecular weight is 360 g/mol. The van der Waals surface area contributed by atoms with Crippen LogP contribution in [0.4, 0.5) is 14.5 Å². The summed E-state index contributed by atoms with van der Waals surface area (Å²) in [5, 5.41) is 12.3. The zero-order chi connectivity index (χ0) is 18.7. The normalized spacial score (nSPS) is 11.1. The standard InChI is InChI=1S/C18H18F2N4O2/c1-10(2)5-6-26-12-3-4-15(14(20)9-12)21-18(25)13-7-11(19)8-16-17(13)23-24-22-16/h3-4,7-10H,5-6H2,1-2H3,(H,21,25)(H,22,23,24). The van der Waals surface area contributed by atoms with Crippen molar-refractivity contribution in [3.63, 3.8) is 0 Å². The Labute approximate surface area is 148 Å². The van der Waals surface area contributed by atoms with E-state index in [1.165, 1.54) is 12.1 Å². The highest BCUT2D eigenvalue weighted by Gasteiger charge is 2.17. The maximum atomic E-state index is 14.2. The van der Waals surface area contributed by atoms with Gasteiger partial charge in [-0.2, -0.15) is 15.4 Å². The van der Waals surface area contributed by atoms with E-state index in [-0.39, 0.29) is 22.3 Å². The molecule has 3 aromatic rings. The van der Waals surface area contributed by atoms with Gasteiger partial charge in [-0.15, -0.1) is 0 Å². The van der Waals surface area contributed by atoms with Crippen molar-refractivity contribution in [3.05, 3.63) is 47.5 Å². The molecule has 3 rings (SSSR count). The van der Waals surface area contributed by atoms with E-state index >= 15 is 0 Å². The van der Waals surface area contributed by atoms with Crippen LogP contribution in [0.25, 0.3) is 11.0 Å². The molecule has 0 aliphatic rings. The quantitative estimate of drug-likeness (QED) is 0.698. The highest BCUT2D eigenvalue weighted by atomic mass is 19.1. The van der Waals surface area contributed by atoms with Crippen molar-refractivity contribution in [2.75, 3.05) is 11.9 Å². The number of benzene rings is 2. The lowest BCUT2D eigenvalue weighted by Crippen LogP contribution is -2.14. The Morgan fingerprint density at radius 1 is 1.23 bits per heavy atom. The fourth-order valence-electron chi connectivity index (χ4n) is 2.38. The van der Waals surface area contributed by atoms with Crippen molar-refractivity contribution < 1.29 is 18.3 Å². The molecule has 0 unspecified atom stereocenters. The fraction of sp³-hybridized carbons (Fsp3) is 0.278. The molecule has 0 saturated heterocycles. The molecule has 1 amide bonds. The van der Waals surface area contributed by atoms with E-state index in [1.54, 1.807) is 6.07 Å². The van der Waals surface area contributed by atoms with E-state index in [9.17, 15) is 13.6 Å².